The van der Waals surface area contributed by atoms with Gasteiger partial charge in [0, 0.05) is 37.2 Å². The normalized spacial score (nSPS) is 11.1. The van der Waals surface area contributed by atoms with E-state index in [2.05, 4.69) is 33.9 Å². The molecule has 3 rings (SSSR count). The van der Waals surface area contributed by atoms with Crippen molar-refractivity contribution in [1.82, 2.24) is 10.6 Å². The number of nitrogens with zero attached hydrogens (tertiary/aromatic N) is 1. The lowest BCUT2D eigenvalue weighted by Gasteiger charge is -2.11. The van der Waals surface area contributed by atoms with Gasteiger partial charge in [-0.1, -0.05) is 30.3 Å². The summed E-state index contributed by atoms with van der Waals surface area (Å²) in [6, 6.07) is 15.9. The minimum Gasteiger partial charge on any atom is -0.459 e. The second-order valence-corrected chi connectivity index (χ2v) is 6.63. The quantitative estimate of drug-likeness (QED) is 0.266. The number of halogens is 1. The van der Waals surface area contributed by atoms with Crippen molar-refractivity contribution < 1.29 is 9.21 Å². The Balaban J connectivity index is 0.00000300. The van der Waals surface area contributed by atoms with E-state index in [0.717, 1.165) is 46.9 Å². The number of furan rings is 1. The number of para-hydroxylation sites is 1. The SMILES string of the molecule is CN=C(NCCc1ccc(NC(C)=O)cc1)NCc1oc2ccccc2c1C.I. The summed E-state index contributed by atoms with van der Waals surface area (Å²) in [5.74, 6) is 1.58. The van der Waals surface area contributed by atoms with E-state index >= 15 is 0 Å². The first-order valence-corrected chi connectivity index (χ1v) is 9.35. The van der Waals surface area contributed by atoms with Crippen LogP contribution < -0.4 is 16.0 Å². The van der Waals surface area contributed by atoms with E-state index in [4.69, 9.17) is 4.42 Å². The Kier molecular flexibility index (Phi) is 8.50. The van der Waals surface area contributed by atoms with Crippen LogP contribution in [0.15, 0.2) is 57.9 Å². The van der Waals surface area contributed by atoms with Gasteiger partial charge in [0.25, 0.3) is 0 Å². The highest BCUT2D eigenvalue weighted by molar-refractivity contribution is 14.0. The molecule has 2 aromatic carbocycles. The topological polar surface area (TPSA) is 78.7 Å². The zero-order valence-electron chi connectivity index (χ0n) is 16.9. The van der Waals surface area contributed by atoms with Crippen LogP contribution in [0.4, 0.5) is 5.69 Å². The maximum absolute atomic E-state index is 11.1. The van der Waals surface area contributed by atoms with Crippen molar-refractivity contribution >= 4 is 52.5 Å². The van der Waals surface area contributed by atoms with Gasteiger partial charge in [-0.25, -0.2) is 0 Å². The minimum atomic E-state index is -0.0658. The molecule has 1 aromatic heterocycles. The molecule has 1 heterocycles. The number of hydrogen-bond acceptors (Lipinski definition) is 3. The third-order valence-corrected chi connectivity index (χ3v) is 4.56. The van der Waals surface area contributed by atoms with Crippen LogP contribution in [0, 0.1) is 6.92 Å². The average Bonchev–Trinajstić information content (AvgIpc) is 3.01. The molecule has 0 atom stereocenters. The smallest absolute Gasteiger partial charge is 0.221 e. The largest absolute Gasteiger partial charge is 0.459 e. The molecule has 0 aliphatic heterocycles. The van der Waals surface area contributed by atoms with E-state index in [1.165, 1.54) is 12.5 Å². The molecule has 154 valence electrons. The zero-order valence-corrected chi connectivity index (χ0v) is 19.2. The Morgan fingerprint density at radius 3 is 2.45 bits per heavy atom. The van der Waals surface area contributed by atoms with Crippen LogP contribution in [0.1, 0.15) is 23.8 Å². The Bertz CT molecular complexity index is 980. The molecule has 1 amide bonds. The van der Waals surface area contributed by atoms with Gasteiger partial charge in [0.2, 0.25) is 5.91 Å². The number of aliphatic imine (C=N–C) groups is 1. The molecule has 0 spiro atoms. The van der Waals surface area contributed by atoms with E-state index in [1.807, 2.05) is 42.5 Å². The summed E-state index contributed by atoms with van der Waals surface area (Å²) in [5.41, 5.74) is 4.05. The number of anilines is 1. The summed E-state index contributed by atoms with van der Waals surface area (Å²) in [6.07, 6.45) is 0.852. The number of carbonyl (C=O) groups is 1. The average molecular weight is 506 g/mol. The standard InChI is InChI=1S/C22H26N4O2.HI/c1-15-19-6-4-5-7-20(19)28-21(15)14-25-22(23-3)24-13-12-17-8-10-18(11-9-17)26-16(2)27;/h4-11H,12-14H2,1-3H3,(H,26,27)(H2,23,24,25);1H. The minimum absolute atomic E-state index is 0. The van der Waals surface area contributed by atoms with Crippen molar-refractivity contribution in [2.24, 2.45) is 4.99 Å². The second-order valence-electron chi connectivity index (χ2n) is 6.63. The number of benzene rings is 2. The monoisotopic (exact) mass is 506 g/mol. The maximum atomic E-state index is 11.1. The Labute approximate surface area is 188 Å². The molecule has 0 saturated carbocycles. The number of carbonyl (C=O) groups excluding carboxylic acids is 1. The molecule has 6 nitrogen and oxygen atoms in total. The fourth-order valence-electron chi connectivity index (χ4n) is 3.06. The van der Waals surface area contributed by atoms with Gasteiger partial charge in [-0.3, -0.25) is 9.79 Å². The third-order valence-electron chi connectivity index (χ3n) is 4.56. The summed E-state index contributed by atoms with van der Waals surface area (Å²) in [4.78, 5) is 15.3. The van der Waals surface area contributed by atoms with Crippen molar-refractivity contribution in [3.05, 3.63) is 65.4 Å². The van der Waals surface area contributed by atoms with Gasteiger partial charge in [-0.05, 0) is 37.1 Å². The van der Waals surface area contributed by atoms with Crippen molar-refractivity contribution in [2.75, 3.05) is 18.9 Å². The predicted octanol–water partition coefficient (Wildman–Crippen LogP) is 4.23. The lowest BCUT2D eigenvalue weighted by Crippen LogP contribution is -2.37. The fraction of sp³-hybridized carbons (Fsp3) is 0.273. The number of rotatable bonds is 6. The number of fused-ring (bicyclic) bond motifs is 1. The summed E-state index contributed by atoms with van der Waals surface area (Å²) in [7, 11) is 1.75. The van der Waals surface area contributed by atoms with Crippen LogP contribution in [-0.4, -0.2) is 25.5 Å². The first-order valence-electron chi connectivity index (χ1n) is 9.35. The molecular formula is C22H27IN4O2. The van der Waals surface area contributed by atoms with E-state index in [1.54, 1.807) is 7.05 Å². The lowest BCUT2D eigenvalue weighted by molar-refractivity contribution is -0.114. The molecule has 3 N–H and O–H groups in total. The van der Waals surface area contributed by atoms with Gasteiger partial charge in [0.15, 0.2) is 5.96 Å². The van der Waals surface area contributed by atoms with E-state index in [0.29, 0.717) is 6.54 Å². The highest BCUT2D eigenvalue weighted by Crippen LogP contribution is 2.24. The van der Waals surface area contributed by atoms with E-state index in [9.17, 15) is 4.79 Å². The van der Waals surface area contributed by atoms with Crippen LogP contribution in [0.5, 0.6) is 0 Å². The zero-order chi connectivity index (χ0) is 19.9. The van der Waals surface area contributed by atoms with Crippen LogP contribution in [0.25, 0.3) is 11.0 Å². The van der Waals surface area contributed by atoms with Crippen molar-refractivity contribution in [2.45, 2.75) is 26.8 Å². The van der Waals surface area contributed by atoms with Crippen molar-refractivity contribution in [3.8, 4) is 0 Å². The molecule has 7 heteroatoms. The van der Waals surface area contributed by atoms with Gasteiger partial charge in [-0.2, -0.15) is 0 Å². The van der Waals surface area contributed by atoms with E-state index < -0.39 is 0 Å². The molecular weight excluding hydrogens is 479 g/mol. The predicted molar refractivity (Wildman–Crippen MR) is 129 cm³/mol. The van der Waals surface area contributed by atoms with Crippen LogP contribution in [-0.2, 0) is 17.8 Å². The molecule has 0 aliphatic carbocycles. The van der Waals surface area contributed by atoms with Gasteiger partial charge in [0.1, 0.15) is 11.3 Å². The number of hydrogen-bond donors (Lipinski definition) is 3. The fourth-order valence-corrected chi connectivity index (χ4v) is 3.06. The first-order chi connectivity index (χ1) is 13.6. The maximum Gasteiger partial charge on any atom is 0.221 e. The molecule has 0 unspecified atom stereocenters. The Morgan fingerprint density at radius 2 is 1.79 bits per heavy atom. The van der Waals surface area contributed by atoms with Gasteiger partial charge < -0.3 is 20.4 Å². The van der Waals surface area contributed by atoms with E-state index in [-0.39, 0.29) is 29.9 Å². The number of guanidine groups is 1. The summed E-state index contributed by atoms with van der Waals surface area (Å²) in [6.45, 7) is 4.90. The highest BCUT2D eigenvalue weighted by atomic mass is 127. The third kappa shape index (κ3) is 6.22. The molecule has 0 saturated heterocycles. The van der Waals surface area contributed by atoms with Crippen molar-refractivity contribution in [1.29, 1.82) is 0 Å². The highest BCUT2D eigenvalue weighted by Gasteiger charge is 2.10. The summed E-state index contributed by atoms with van der Waals surface area (Å²) in [5, 5.41) is 10.5. The van der Waals surface area contributed by atoms with Crippen LogP contribution >= 0.6 is 24.0 Å². The number of nitrogens with one attached hydrogen (secondary N) is 3. The first kappa shape index (κ1) is 22.7. The molecule has 0 fully saturated rings. The number of amides is 1. The lowest BCUT2D eigenvalue weighted by atomic mass is 10.1. The molecule has 0 bridgehead atoms. The number of aryl methyl sites for hydroxylation is 1. The molecule has 0 radical (unpaired) electrons. The van der Waals surface area contributed by atoms with Gasteiger partial charge in [-0.15, -0.1) is 24.0 Å². The van der Waals surface area contributed by atoms with Gasteiger partial charge >= 0.3 is 0 Å². The van der Waals surface area contributed by atoms with Gasteiger partial charge in [0.05, 0.1) is 6.54 Å². The molecule has 0 aliphatic rings. The van der Waals surface area contributed by atoms with Crippen molar-refractivity contribution in [3.63, 3.8) is 0 Å². The summed E-state index contributed by atoms with van der Waals surface area (Å²) >= 11 is 0. The van der Waals surface area contributed by atoms with Crippen LogP contribution in [0.3, 0.4) is 0 Å². The Morgan fingerprint density at radius 1 is 1.07 bits per heavy atom. The molecule has 29 heavy (non-hydrogen) atoms. The Hall–Kier alpha value is -2.55. The molecule has 3 aromatic rings. The van der Waals surface area contributed by atoms with Crippen LogP contribution in [0.2, 0.25) is 0 Å². The summed E-state index contributed by atoms with van der Waals surface area (Å²) < 4.78 is 5.93. The second kappa shape index (κ2) is 10.8.